The van der Waals surface area contributed by atoms with E-state index in [1.54, 1.807) is 12.1 Å². The molecule has 0 unspecified atom stereocenters. The van der Waals surface area contributed by atoms with E-state index in [9.17, 15) is 4.79 Å². The van der Waals surface area contributed by atoms with Gasteiger partial charge in [-0.05, 0) is 12.1 Å². The Hall–Kier alpha value is -1.71. The maximum atomic E-state index is 11.2. The molecular formula is C10H11O4. The normalized spacial score (nSPS) is 9.36. The largest absolute Gasteiger partial charge is 0.496 e. The minimum absolute atomic E-state index is 0.316. The Morgan fingerprint density at radius 2 is 1.93 bits per heavy atom. The van der Waals surface area contributed by atoms with E-state index in [4.69, 9.17) is 9.47 Å². The molecule has 1 aromatic carbocycles. The van der Waals surface area contributed by atoms with E-state index in [1.165, 1.54) is 21.3 Å². The number of hydrogen-bond acceptors (Lipinski definition) is 4. The first kappa shape index (κ1) is 10.4. The second-order valence-electron chi connectivity index (χ2n) is 2.47. The summed E-state index contributed by atoms with van der Waals surface area (Å²) in [5.41, 5.74) is 0.329. The lowest BCUT2D eigenvalue weighted by Crippen LogP contribution is -2.04. The quantitative estimate of drug-likeness (QED) is 0.682. The molecule has 0 aromatic heterocycles. The molecule has 75 valence electrons. The summed E-state index contributed by atoms with van der Waals surface area (Å²) in [5, 5.41) is 0. The zero-order valence-electron chi connectivity index (χ0n) is 8.29. The van der Waals surface area contributed by atoms with Crippen LogP contribution in [0, 0.1) is 6.07 Å². The number of methoxy groups -OCH3 is 3. The van der Waals surface area contributed by atoms with Gasteiger partial charge < -0.3 is 14.2 Å². The fourth-order valence-electron chi connectivity index (χ4n) is 1.01. The molecule has 0 N–H and O–H groups in total. The summed E-state index contributed by atoms with van der Waals surface area (Å²) >= 11 is 0. The van der Waals surface area contributed by atoms with E-state index < -0.39 is 5.97 Å². The van der Waals surface area contributed by atoms with E-state index >= 15 is 0 Å². The molecule has 1 rings (SSSR count). The third-order valence-electron chi connectivity index (χ3n) is 1.71. The molecule has 4 nitrogen and oxygen atoms in total. The van der Waals surface area contributed by atoms with Gasteiger partial charge in [-0.15, -0.1) is 0 Å². The minimum Gasteiger partial charge on any atom is -0.496 e. The molecule has 0 spiro atoms. The van der Waals surface area contributed by atoms with Crippen molar-refractivity contribution in [1.29, 1.82) is 0 Å². The summed E-state index contributed by atoms with van der Waals surface area (Å²) in [7, 11) is 4.28. The molecule has 1 radical (unpaired) electrons. The van der Waals surface area contributed by atoms with E-state index in [1.807, 2.05) is 0 Å². The summed E-state index contributed by atoms with van der Waals surface area (Å²) < 4.78 is 14.5. The highest BCUT2D eigenvalue weighted by Gasteiger charge is 2.13. The van der Waals surface area contributed by atoms with Gasteiger partial charge in [0.25, 0.3) is 0 Å². The molecule has 0 heterocycles. The number of hydrogen-bond donors (Lipinski definition) is 0. The fourth-order valence-corrected chi connectivity index (χ4v) is 1.01. The summed E-state index contributed by atoms with van der Waals surface area (Å²) in [6.45, 7) is 0. The topological polar surface area (TPSA) is 44.8 Å². The van der Waals surface area contributed by atoms with Crippen LogP contribution in [0.15, 0.2) is 12.1 Å². The molecule has 0 aliphatic rings. The van der Waals surface area contributed by atoms with Crippen LogP contribution in [0.2, 0.25) is 0 Å². The van der Waals surface area contributed by atoms with Crippen molar-refractivity contribution in [1.82, 2.24) is 0 Å². The van der Waals surface area contributed by atoms with Crippen molar-refractivity contribution in [2.45, 2.75) is 0 Å². The van der Waals surface area contributed by atoms with Gasteiger partial charge in [-0.1, -0.05) is 0 Å². The monoisotopic (exact) mass is 195 g/mol. The van der Waals surface area contributed by atoms with Crippen LogP contribution >= 0.6 is 0 Å². The molecular weight excluding hydrogens is 184 g/mol. The van der Waals surface area contributed by atoms with Crippen LogP contribution in [0.4, 0.5) is 0 Å². The first-order chi connectivity index (χ1) is 6.72. The lowest BCUT2D eigenvalue weighted by molar-refractivity contribution is 0.0597. The second kappa shape index (κ2) is 4.50. The average Bonchev–Trinajstić information content (AvgIpc) is 2.27. The molecule has 0 aliphatic carbocycles. The van der Waals surface area contributed by atoms with Crippen LogP contribution in [0.3, 0.4) is 0 Å². The Balaban J connectivity index is 3.11. The van der Waals surface area contributed by atoms with Gasteiger partial charge in [0.1, 0.15) is 17.1 Å². The summed E-state index contributed by atoms with van der Waals surface area (Å²) in [4.78, 5) is 11.2. The summed E-state index contributed by atoms with van der Waals surface area (Å²) in [5.74, 6) is 0.367. The molecule has 14 heavy (non-hydrogen) atoms. The summed E-state index contributed by atoms with van der Waals surface area (Å²) in [6.07, 6.45) is 0. The highest BCUT2D eigenvalue weighted by atomic mass is 16.5. The minimum atomic E-state index is -0.458. The molecule has 0 fully saturated rings. The van der Waals surface area contributed by atoms with Gasteiger partial charge in [-0.25, -0.2) is 4.79 Å². The van der Waals surface area contributed by atoms with Gasteiger partial charge in [0.05, 0.1) is 27.4 Å². The number of carbonyl (C=O) groups excluding carboxylic acids is 1. The van der Waals surface area contributed by atoms with Crippen molar-refractivity contribution in [3.05, 3.63) is 23.8 Å². The number of esters is 1. The Morgan fingerprint density at radius 1 is 1.21 bits per heavy atom. The van der Waals surface area contributed by atoms with Crippen LogP contribution in [-0.4, -0.2) is 27.3 Å². The van der Waals surface area contributed by atoms with Crippen LogP contribution in [-0.2, 0) is 4.74 Å². The molecule has 0 aliphatic heterocycles. The van der Waals surface area contributed by atoms with E-state index in [0.717, 1.165) is 0 Å². The van der Waals surface area contributed by atoms with Gasteiger partial charge in [0.15, 0.2) is 0 Å². The van der Waals surface area contributed by atoms with Crippen molar-refractivity contribution in [2.24, 2.45) is 0 Å². The molecule has 0 atom stereocenters. The number of carbonyl (C=O) groups is 1. The molecule has 4 heteroatoms. The lowest BCUT2D eigenvalue weighted by Gasteiger charge is -2.07. The Bertz CT molecular complexity index is 333. The van der Waals surface area contributed by atoms with Crippen molar-refractivity contribution >= 4 is 5.97 Å². The zero-order chi connectivity index (χ0) is 10.6. The van der Waals surface area contributed by atoms with Gasteiger partial charge in [-0.2, -0.15) is 0 Å². The van der Waals surface area contributed by atoms with Crippen LogP contribution in [0.5, 0.6) is 11.5 Å². The predicted octanol–water partition coefficient (Wildman–Crippen LogP) is 1.29. The molecule has 0 saturated heterocycles. The predicted molar refractivity (Wildman–Crippen MR) is 49.7 cm³/mol. The Kier molecular flexibility index (Phi) is 3.34. The first-order valence-electron chi connectivity index (χ1n) is 3.95. The molecule has 0 saturated carbocycles. The first-order valence-corrected chi connectivity index (χ1v) is 3.95. The summed E-state index contributed by atoms with van der Waals surface area (Å²) in [6, 6.07) is 5.97. The van der Waals surface area contributed by atoms with Crippen LogP contribution in [0.1, 0.15) is 10.4 Å². The highest BCUT2D eigenvalue weighted by molar-refractivity contribution is 5.92. The van der Waals surface area contributed by atoms with Crippen molar-refractivity contribution in [3.63, 3.8) is 0 Å². The third-order valence-corrected chi connectivity index (χ3v) is 1.71. The third kappa shape index (κ3) is 1.96. The standard InChI is InChI=1S/C10H11O4/c1-12-7-4-5-8(10(11)14-3)9(6-7)13-2/h4-5H,1-3H3. The fraction of sp³-hybridized carbons (Fsp3) is 0.300. The lowest BCUT2D eigenvalue weighted by atomic mass is 10.2. The smallest absolute Gasteiger partial charge is 0.341 e. The van der Waals surface area contributed by atoms with Gasteiger partial charge >= 0.3 is 5.97 Å². The van der Waals surface area contributed by atoms with E-state index in [2.05, 4.69) is 10.8 Å². The second-order valence-corrected chi connectivity index (χ2v) is 2.47. The Morgan fingerprint density at radius 3 is 2.43 bits per heavy atom. The van der Waals surface area contributed by atoms with Gasteiger partial charge in [0.2, 0.25) is 0 Å². The molecule has 0 amide bonds. The molecule has 0 bridgehead atoms. The van der Waals surface area contributed by atoms with E-state index in [0.29, 0.717) is 17.1 Å². The number of ether oxygens (including phenoxy) is 3. The molecule has 1 aromatic rings. The maximum Gasteiger partial charge on any atom is 0.341 e. The van der Waals surface area contributed by atoms with E-state index in [-0.39, 0.29) is 0 Å². The van der Waals surface area contributed by atoms with Crippen molar-refractivity contribution in [3.8, 4) is 11.5 Å². The maximum absolute atomic E-state index is 11.2. The number of benzene rings is 1. The highest BCUT2D eigenvalue weighted by Crippen LogP contribution is 2.23. The number of rotatable bonds is 3. The van der Waals surface area contributed by atoms with Crippen LogP contribution in [0.25, 0.3) is 0 Å². The zero-order valence-corrected chi connectivity index (χ0v) is 8.29. The Labute approximate surface area is 82.4 Å². The van der Waals surface area contributed by atoms with Crippen molar-refractivity contribution < 1.29 is 19.0 Å². The van der Waals surface area contributed by atoms with Gasteiger partial charge in [0, 0.05) is 0 Å². The van der Waals surface area contributed by atoms with Crippen LogP contribution < -0.4 is 9.47 Å². The SMILES string of the molecule is COC(=O)c1ccc(OC)[c]c1OC. The average molecular weight is 195 g/mol. The van der Waals surface area contributed by atoms with Crippen molar-refractivity contribution in [2.75, 3.05) is 21.3 Å². The van der Waals surface area contributed by atoms with Gasteiger partial charge in [-0.3, -0.25) is 0 Å².